The van der Waals surface area contributed by atoms with E-state index in [2.05, 4.69) is 10.6 Å². The van der Waals surface area contributed by atoms with Crippen molar-refractivity contribution in [3.8, 4) is 5.75 Å². The zero-order valence-electron chi connectivity index (χ0n) is 14.7. The van der Waals surface area contributed by atoms with Crippen LogP contribution in [0.5, 0.6) is 5.75 Å². The second kappa shape index (κ2) is 10.9. The van der Waals surface area contributed by atoms with Gasteiger partial charge in [0.2, 0.25) is 0 Å². The monoisotopic (exact) mass is 348 g/mol. The number of amides is 3. The van der Waals surface area contributed by atoms with Crippen LogP contribution in [0.4, 0.5) is 4.79 Å². The topological polar surface area (TPSA) is 93.7 Å². The SMILES string of the molecule is CCOc1ccc(/C=C/C(=O)OCC(=O)NC(=O)N[C@@H](C)CC)cc1. The third kappa shape index (κ3) is 8.55. The van der Waals surface area contributed by atoms with Gasteiger partial charge in [-0.05, 0) is 44.0 Å². The van der Waals surface area contributed by atoms with Crippen molar-refractivity contribution in [1.29, 1.82) is 0 Å². The number of nitrogens with one attached hydrogen (secondary N) is 2. The number of urea groups is 1. The molecule has 2 N–H and O–H groups in total. The second-order valence-corrected chi connectivity index (χ2v) is 5.27. The van der Waals surface area contributed by atoms with E-state index in [0.717, 1.165) is 17.7 Å². The summed E-state index contributed by atoms with van der Waals surface area (Å²) in [5.41, 5.74) is 0.790. The van der Waals surface area contributed by atoms with E-state index in [0.29, 0.717) is 6.61 Å². The Bertz CT molecular complexity index is 610. The van der Waals surface area contributed by atoms with Crippen molar-refractivity contribution in [3.05, 3.63) is 35.9 Å². The molecule has 136 valence electrons. The maximum atomic E-state index is 11.6. The number of rotatable bonds is 8. The first kappa shape index (κ1) is 20.2. The molecule has 1 aromatic carbocycles. The van der Waals surface area contributed by atoms with E-state index in [1.807, 2.05) is 20.8 Å². The molecule has 7 nitrogen and oxygen atoms in total. The van der Waals surface area contributed by atoms with Gasteiger partial charge in [-0.15, -0.1) is 0 Å². The molecular weight excluding hydrogens is 324 g/mol. The molecule has 0 aliphatic carbocycles. The summed E-state index contributed by atoms with van der Waals surface area (Å²) in [7, 11) is 0. The summed E-state index contributed by atoms with van der Waals surface area (Å²) < 4.78 is 10.1. The Labute approximate surface area is 147 Å². The van der Waals surface area contributed by atoms with Crippen LogP contribution < -0.4 is 15.4 Å². The normalized spacial score (nSPS) is 11.6. The first-order valence-corrected chi connectivity index (χ1v) is 8.12. The lowest BCUT2D eigenvalue weighted by Crippen LogP contribution is -2.44. The molecule has 3 amide bonds. The fraction of sp³-hybridized carbons (Fsp3) is 0.389. The standard InChI is InChI=1S/C18H24N2O5/c1-4-13(3)19-18(23)20-16(21)12-25-17(22)11-8-14-6-9-15(10-7-14)24-5-2/h6-11,13H,4-5,12H2,1-3H3,(H2,19,20,21,23)/b11-8+/t13-/m0/s1. The molecule has 0 radical (unpaired) electrons. The van der Waals surface area contributed by atoms with Crippen molar-refractivity contribution in [1.82, 2.24) is 10.6 Å². The van der Waals surface area contributed by atoms with Crippen molar-refractivity contribution in [3.63, 3.8) is 0 Å². The number of hydrogen-bond donors (Lipinski definition) is 2. The van der Waals surface area contributed by atoms with E-state index in [1.54, 1.807) is 30.3 Å². The van der Waals surface area contributed by atoms with Crippen LogP contribution in [0.15, 0.2) is 30.3 Å². The van der Waals surface area contributed by atoms with E-state index in [9.17, 15) is 14.4 Å². The van der Waals surface area contributed by atoms with Gasteiger partial charge in [-0.3, -0.25) is 10.1 Å². The Morgan fingerprint density at radius 2 is 1.84 bits per heavy atom. The molecule has 0 unspecified atom stereocenters. The predicted octanol–water partition coefficient (Wildman–Crippen LogP) is 2.27. The molecular formula is C18H24N2O5. The largest absolute Gasteiger partial charge is 0.494 e. The number of carbonyl (C=O) groups excluding carboxylic acids is 3. The number of hydrogen-bond acceptors (Lipinski definition) is 5. The van der Waals surface area contributed by atoms with Crippen LogP contribution in [-0.4, -0.2) is 37.2 Å². The highest BCUT2D eigenvalue weighted by Gasteiger charge is 2.11. The third-order valence-corrected chi connectivity index (χ3v) is 3.19. The zero-order chi connectivity index (χ0) is 18.7. The lowest BCUT2D eigenvalue weighted by atomic mass is 10.2. The summed E-state index contributed by atoms with van der Waals surface area (Å²) >= 11 is 0. The molecule has 1 atom stereocenters. The van der Waals surface area contributed by atoms with Crippen molar-refractivity contribution < 1.29 is 23.9 Å². The van der Waals surface area contributed by atoms with Crippen LogP contribution in [0, 0.1) is 0 Å². The van der Waals surface area contributed by atoms with Gasteiger partial charge in [0.1, 0.15) is 5.75 Å². The van der Waals surface area contributed by atoms with Crippen molar-refractivity contribution >= 4 is 24.0 Å². The zero-order valence-corrected chi connectivity index (χ0v) is 14.7. The Morgan fingerprint density at radius 1 is 1.16 bits per heavy atom. The Kier molecular flexibility index (Phi) is 8.78. The molecule has 7 heteroatoms. The van der Waals surface area contributed by atoms with Crippen LogP contribution in [0.1, 0.15) is 32.8 Å². The summed E-state index contributed by atoms with van der Waals surface area (Å²) in [4.78, 5) is 34.5. The molecule has 0 saturated heterocycles. The van der Waals surface area contributed by atoms with Crippen molar-refractivity contribution in [2.75, 3.05) is 13.2 Å². The van der Waals surface area contributed by atoms with E-state index >= 15 is 0 Å². The lowest BCUT2D eigenvalue weighted by molar-refractivity contribution is -0.143. The molecule has 0 aromatic heterocycles. The molecule has 1 aromatic rings. The minimum Gasteiger partial charge on any atom is -0.494 e. The van der Waals surface area contributed by atoms with Gasteiger partial charge in [-0.2, -0.15) is 0 Å². The fourth-order valence-electron chi connectivity index (χ4n) is 1.72. The number of imide groups is 1. The Balaban J connectivity index is 2.36. The van der Waals surface area contributed by atoms with Gasteiger partial charge in [0, 0.05) is 12.1 Å². The summed E-state index contributed by atoms with van der Waals surface area (Å²) in [5.74, 6) is -0.621. The second-order valence-electron chi connectivity index (χ2n) is 5.27. The first-order valence-electron chi connectivity index (χ1n) is 8.12. The maximum absolute atomic E-state index is 11.6. The third-order valence-electron chi connectivity index (χ3n) is 3.19. The van der Waals surface area contributed by atoms with Crippen LogP contribution in [0.2, 0.25) is 0 Å². The molecule has 1 rings (SSSR count). The first-order chi connectivity index (χ1) is 11.9. The highest BCUT2D eigenvalue weighted by Crippen LogP contribution is 2.13. The van der Waals surface area contributed by atoms with E-state index in [4.69, 9.17) is 9.47 Å². The van der Waals surface area contributed by atoms with Crippen LogP contribution >= 0.6 is 0 Å². The van der Waals surface area contributed by atoms with Gasteiger partial charge in [-0.1, -0.05) is 19.1 Å². The van der Waals surface area contributed by atoms with Gasteiger partial charge in [-0.25, -0.2) is 9.59 Å². The molecule has 0 saturated carbocycles. The minimum atomic E-state index is -0.691. The molecule has 0 fully saturated rings. The van der Waals surface area contributed by atoms with Crippen molar-refractivity contribution in [2.24, 2.45) is 0 Å². The van der Waals surface area contributed by atoms with Crippen LogP contribution in [-0.2, 0) is 14.3 Å². The summed E-state index contributed by atoms with van der Waals surface area (Å²) in [6.07, 6.45) is 3.51. The molecule has 0 aliphatic rings. The van der Waals surface area contributed by atoms with Crippen LogP contribution in [0.25, 0.3) is 6.08 Å². The molecule has 0 spiro atoms. The van der Waals surface area contributed by atoms with Gasteiger partial charge >= 0.3 is 12.0 Å². The van der Waals surface area contributed by atoms with Crippen LogP contribution in [0.3, 0.4) is 0 Å². The van der Waals surface area contributed by atoms with Crippen molar-refractivity contribution in [2.45, 2.75) is 33.2 Å². The minimum absolute atomic E-state index is 0.0487. The van der Waals surface area contributed by atoms with E-state index in [1.165, 1.54) is 6.08 Å². The van der Waals surface area contributed by atoms with E-state index in [-0.39, 0.29) is 6.04 Å². The Morgan fingerprint density at radius 3 is 2.44 bits per heavy atom. The quantitative estimate of drug-likeness (QED) is 0.555. The molecule has 0 aliphatic heterocycles. The summed E-state index contributed by atoms with van der Waals surface area (Å²) in [6, 6.07) is 6.50. The number of benzene rings is 1. The highest BCUT2D eigenvalue weighted by atomic mass is 16.5. The van der Waals surface area contributed by atoms with Gasteiger partial charge in [0.25, 0.3) is 5.91 Å². The van der Waals surface area contributed by atoms with E-state index < -0.39 is 24.5 Å². The Hall–Kier alpha value is -2.83. The molecule has 0 bridgehead atoms. The van der Waals surface area contributed by atoms with Gasteiger partial charge in [0.15, 0.2) is 6.61 Å². The smallest absolute Gasteiger partial charge is 0.331 e. The average Bonchev–Trinajstić information content (AvgIpc) is 2.59. The number of ether oxygens (including phenoxy) is 2. The lowest BCUT2D eigenvalue weighted by Gasteiger charge is -2.11. The van der Waals surface area contributed by atoms with Gasteiger partial charge < -0.3 is 14.8 Å². The predicted molar refractivity (Wildman–Crippen MR) is 94.0 cm³/mol. The number of carbonyl (C=O) groups is 3. The summed E-state index contributed by atoms with van der Waals surface area (Å²) in [6.45, 7) is 5.67. The molecule has 25 heavy (non-hydrogen) atoms. The maximum Gasteiger partial charge on any atom is 0.331 e. The fourth-order valence-corrected chi connectivity index (χ4v) is 1.72. The molecule has 0 heterocycles. The number of esters is 1. The highest BCUT2D eigenvalue weighted by molar-refractivity contribution is 5.96. The summed E-state index contributed by atoms with van der Waals surface area (Å²) in [5, 5.41) is 4.66. The average molecular weight is 348 g/mol. The van der Waals surface area contributed by atoms with Gasteiger partial charge in [0.05, 0.1) is 6.61 Å².